The van der Waals surface area contributed by atoms with E-state index in [-0.39, 0.29) is 12.2 Å². The number of anilines is 2. The van der Waals surface area contributed by atoms with Gasteiger partial charge in [0.25, 0.3) is 0 Å². The number of aliphatic hydroxyl groups is 1. The normalized spacial score (nSPS) is 18.4. The van der Waals surface area contributed by atoms with E-state index in [0.29, 0.717) is 23.7 Å². The second-order valence-corrected chi connectivity index (χ2v) is 10.1. The van der Waals surface area contributed by atoms with Crippen molar-refractivity contribution < 1.29 is 57.0 Å². The molecule has 1 aromatic heterocycles. The minimum absolute atomic E-state index is 0.169. The van der Waals surface area contributed by atoms with Gasteiger partial charge in [-0.15, -0.1) is 0 Å². The second kappa shape index (κ2) is 11.1. The van der Waals surface area contributed by atoms with Crippen molar-refractivity contribution in [2.75, 3.05) is 29.5 Å². The summed E-state index contributed by atoms with van der Waals surface area (Å²) >= 11 is 0. The number of hydrogen-bond donors (Lipinski definition) is 3. The lowest BCUT2D eigenvalue weighted by molar-refractivity contribution is -0.436. The molecule has 18 heteroatoms. The molecule has 1 saturated heterocycles. The maximum Gasteiger partial charge on any atom is 0.476 e. The van der Waals surface area contributed by atoms with Gasteiger partial charge in [-0.2, -0.15) is 9.62 Å². The van der Waals surface area contributed by atoms with Crippen molar-refractivity contribution in [2.45, 2.75) is 39.2 Å². The SMILES string of the molecule is CCOC(O)(OC(=O)N(C[C@H]1CN(c2ccc(N3Cc4cn(C)nc4C3)c(F)c2)C(=O)O1)C(C)=O)OP(=O)(O)O. The Morgan fingerprint density at radius 1 is 1.32 bits per heavy atom. The van der Waals surface area contributed by atoms with Crippen LogP contribution in [0.25, 0.3) is 0 Å². The van der Waals surface area contributed by atoms with Crippen LogP contribution in [0, 0.1) is 5.82 Å². The standard InChI is InChI=1S/C22H27FN5O11P/c1-4-36-22(32,39-40(33,34)35)38-21(31)27(13(2)29)10-16-11-28(20(30)37-16)15-5-6-19(17(23)7-15)26-9-14-8-25(3)24-18(14)12-26/h5-8,16,32H,4,9-12H2,1-3H3,(H2,33,34,35)/t16-,22?/m0/s1. The zero-order valence-corrected chi connectivity index (χ0v) is 22.5. The smallest absolute Gasteiger partial charge is 0.442 e. The predicted molar refractivity (Wildman–Crippen MR) is 131 cm³/mol. The monoisotopic (exact) mass is 587 g/mol. The number of benzene rings is 1. The number of imide groups is 1. The number of aromatic nitrogens is 2. The molecule has 0 spiro atoms. The van der Waals surface area contributed by atoms with Crippen LogP contribution >= 0.6 is 7.82 Å². The number of nitrogens with zero attached hydrogens (tertiary/aromatic N) is 5. The van der Waals surface area contributed by atoms with E-state index in [1.165, 1.54) is 19.1 Å². The lowest BCUT2D eigenvalue weighted by atomic mass is 10.2. The third-order valence-corrected chi connectivity index (χ3v) is 6.38. The number of fused-ring (bicyclic) bond motifs is 1. The maximum atomic E-state index is 15.1. The summed E-state index contributed by atoms with van der Waals surface area (Å²) in [6, 6.07) is 4.21. The van der Waals surface area contributed by atoms with Gasteiger partial charge in [0.2, 0.25) is 5.91 Å². The number of aryl methyl sites for hydroxylation is 1. The molecule has 2 atom stereocenters. The molecule has 0 bridgehead atoms. The van der Waals surface area contributed by atoms with Crippen molar-refractivity contribution in [3.8, 4) is 0 Å². The highest BCUT2D eigenvalue weighted by atomic mass is 31.2. The van der Waals surface area contributed by atoms with E-state index >= 15 is 4.39 Å². The Kier molecular flexibility index (Phi) is 8.16. The fourth-order valence-corrected chi connectivity index (χ4v) is 4.71. The minimum Gasteiger partial charge on any atom is -0.442 e. The fourth-order valence-electron chi connectivity index (χ4n) is 4.32. The first-order valence-corrected chi connectivity index (χ1v) is 13.4. The van der Waals surface area contributed by atoms with Crippen LogP contribution in [-0.2, 0) is 48.2 Å². The zero-order chi connectivity index (χ0) is 29.4. The molecule has 218 valence electrons. The van der Waals surface area contributed by atoms with Gasteiger partial charge in [-0.05, 0) is 25.1 Å². The summed E-state index contributed by atoms with van der Waals surface area (Å²) in [5, 5.41) is 14.4. The van der Waals surface area contributed by atoms with E-state index < -0.39 is 57.1 Å². The Hall–Kier alpha value is -3.60. The number of carbonyl (C=O) groups is 3. The van der Waals surface area contributed by atoms with Crippen molar-refractivity contribution in [1.82, 2.24) is 14.7 Å². The Labute approximate surface area is 226 Å². The summed E-state index contributed by atoms with van der Waals surface area (Å²) in [5.74, 6) is -1.51. The Morgan fingerprint density at radius 3 is 2.65 bits per heavy atom. The van der Waals surface area contributed by atoms with E-state index in [1.54, 1.807) is 16.6 Å². The molecule has 3 N–H and O–H groups in total. The summed E-state index contributed by atoms with van der Waals surface area (Å²) in [6.07, 6.45) is -5.23. The van der Waals surface area contributed by atoms with E-state index in [1.807, 2.05) is 6.20 Å². The molecule has 2 aliphatic heterocycles. The van der Waals surface area contributed by atoms with Crippen molar-refractivity contribution >= 4 is 37.3 Å². The molecular formula is C22H27FN5O11P. The summed E-state index contributed by atoms with van der Waals surface area (Å²) in [7, 11) is -3.60. The lowest BCUT2D eigenvalue weighted by Gasteiger charge is -2.28. The lowest BCUT2D eigenvalue weighted by Crippen LogP contribution is -2.48. The number of rotatable bonds is 9. The molecule has 2 aliphatic rings. The van der Waals surface area contributed by atoms with Crippen LogP contribution in [0.5, 0.6) is 0 Å². The van der Waals surface area contributed by atoms with Crippen molar-refractivity contribution in [3.05, 3.63) is 41.5 Å². The first kappa shape index (κ1) is 29.4. The number of halogens is 1. The second-order valence-electron chi connectivity index (χ2n) is 8.92. The van der Waals surface area contributed by atoms with Crippen LogP contribution in [0.2, 0.25) is 0 Å². The van der Waals surface area contributed by atoms with Gasteiger partial charge in [0.15, 0.2) is 0 Å². The Morgan fingerprint density at radius 2 is 2.05 bits per heavy atom. The van der Waals surface area contributed by atoms with Gasteiger partial charge in [0.1, 0.15) is 11.9 Å². The molecule has 1 unspecified atom stereocenters. The maximum absolute atomic E-state index is 15.1. The molecule has 3 amide bonds. The van der Waals surface area contributed by atoms with Gasteiger partial charge in [-0.25, -0.2) is 23.4 Å². The highest BCUT2D eigenvalue weighted by molar-refractivity contribution is 7.46. The number of amides is 3. The predicted octanol–water partition coefficient (Wildman–Crippen LogP) is 1.14. The highest BCUT2D eigenvalue weighted by Crippen LogP contribution is 2.41. The summed E-state index contributed by atoms with van der Waals surface area (Å²) in [5.41, 5.74) is 2.32. The van der Waals surface area contributed by atoms with Crippen LogP contribution in [-0.4, -0.2) is 79.6 Å². The van der Waals surface area contributed by atoms with Crippen LogP contribution in [0.4, 0.5) is 25.4 Å². The molecule has 3 heterocycles. The molecule has 4 rings (SSSR count). The highest BCUT2D eigenvalue weighted by Gasteiger charge is 2.45. The van der Waals surface area contributed by atoms with E-state index in [0.717, 1.165) is 29.1 Å². The number of hydrogen-bond acceptors (Lipinski definition) is 11. The van der Waals surface area contributed by atoms with Gasteiger partial charge in [-0.1, -0.05) is 0 Å². The molecule has 16 nitrogen and oxygen atoms in total. The minimum atomic E-state index is -5.40. The van der Waals surface area contributed by atoms with Crippen LogP contribution < -0.4 is 9.80 Å². The third kappa shape index (κ3) is 6.57. The van der Waals surface area contributed by atoms with Crippen LogP contribution in [0.3, 0.4) is 0 Å². The molecule has 2 aromatic rings. The molecule has 0 saturated carbocycles. The van der Waals surface area contributed by atoms with E-state index in [2.05, 4.69) is 19.1 Å². The molecule has 0 radical (unpaired) electrons. The summed E-state index contributed by atoms with van der Waals surface area (Å²) in [4.78, 5) is 58.5. The van der Waals surface area contributed by atoms with E-state index in [9.17, 15) is 24.1 Å². The first-order chi connectivity index (χ1) is 18.7. The van der Waals surface area contributed by atoms with Gasteiger partial charge in [0.05, 0.1) is 43.3 Å². The fraction of sp³-hybridized carbons (Fsp3) is 0.455. The molecular weight excluding hydrogens is 560 g/mol. The van der Waals surface area contributed by atoms with Crippen LogP contribution in [0.1, 0.15) is 25.1 Å². The summed E-state index contributed by atoms with van der Waals surface area (Å²) in [6.45, 7) is 1.98. The Balaban J connectivity index is 1.42. The zero-order valence-electron chi connectivity index (χ0n) is 21.6. The third-order valence-electron chi connectivity index (χ3n) is 5.92. The largest absolute Gasteiger partial charge is 0.476 e. The van der Waals surface area contributed by atoms with Gasteiger partial charge >= 0.3 is 26.2 Å². The summed E-state index contributed by atoms with van der Waals surface area (Å²) < 4.78 is 46.2. The van der Waals surface area contributed by atoms with Gasteiger partial charge < -0.3 is 29.3 Å². The van der Waals surface area contributed by atoms with Crippen molar-refractivity contribution in [2.24, 2.45) is 7.05 Å². The molecule has 0 aliphatic carbocycles. The van der Waals surface area contributed by atoms with E-state index in [4.69, 9.17) is 14.5 Å². The van der Waals surface area contributed by atoms with Crippen LogP contribution in [0.15, 0.2) is 24.4 Å². The molecule has 1 aromatic carbocycles. The number of carbonyl (C=O) groups excluding carboxylic acids is 3. The number of phosphoric acid groups is 1. The molecule has 40 heavy (non-hydrogen) atoms. The van der Waals surface area contributed by atoms with Crippen molar-refractivity contribution in [3.63, 3.8) is 0 Å². The quantitative estimate of drug-likeness (QED) is 0.280. The van der Waals surface area contributed by atoms with Crippen molar-refractivity contribution in [1.29, 1.82) is 0 Å². The first-order valence-electron chi connectivity index (χ1n) is 11.9. The average Bonchev–Trinajstić information content (AvgIpc) is 3.48. The Bertz CT molecular complexity index is 1340. The number of cyclic esters (lactones) is 1. The van der Waals surface area contributed by atoms with Gasteiger partial charge in [0, 0.05) is 32.3 Å². The average molecular weight is 587 g/mol. The number of ether oxygens (including phenoxy) is 3. The molecule has 1 fully saturated rings. The van der Waals surface area contributed by atoms with Gasteiger partial charge in [-0.3, -0.25) is 19.1 Å². The number of phosphoric ester groups is 1. The topological polar surface area (TPSA) is 193 Å².